The van der Waals surface area contributed by atoms with E-state index in [1.54, 1.807) is 0 Å². The topological polar surface area (TPSA) is 66.9 Å². The van der Waals surface area contributed by atoms with E-state index in [9.17, 15) is 22.0 Å². The largest absolute Gasteiger partial charge is 0.465 e. The third-order valence-electron chi connectivity index (χ3n) is 3.23. The van der Waals surface area contributed by atoms with Crippen LogP contribution in [0.1, 0.15) is 6.92 Å². The Hall–Kier alpha value is -0.870. The molecule has 1 heterocycles. The Morgan fingerprint density at radius 1 is 1.24 bits per heavy atom. The number of carbonyl (C=O) groups excluding carboxylic acids is 1. The van der Waals surface area contributed by atoms with E-state index < -0.39 is 41.7 Å². The molecule has 6 nitrogen and oxygen atoms in total. The summed E-state index contributed by atoms with van der Waals surface area (Å²) in [6, 6.07) is 2.37. The zero-order valence-electron chi connectivity index (χ0n) is 12.8. The van der Waals surface area contributed by atoms with E-state index in [1.165, 1.54) is 19.1 Å². The van der Waals surface area contributed by atoms with Crippen molar-refractivity contribution in [2.24, 2.45) is 0 Å². The van der Waals surface area contributed by atoms with Crippen LogP contribution in [0.3, 0.4) is 0 Å². The molecular weight excluding hydrogens is 425 g/mol. The van der Waals surface area contributed by atoms with Crippen LogP contribution in [0.15, 0.2) is 12.1 Å². The van der Waals surface area contributed by atoms with Gasteiger partial charge < -0.3 is 4.74 Å². The molecule has 0 radical (unpaired) electrons. The normalized spacial score (nSPS) is 19.7. The molecule has 140 valence electrons. The second kappa shape index (κ2) is 7.40. The summed E-state index contributed by atoms with van der Waals surface area (Å²) in [6.07, 6.45) is 0. The quantitative estimate of drug-likeness (QED) is 0.679. The van der Waals surface area contributed by atoms with E-state index in [-0.39, 0.29) is 27.4 Å². The summed E-state index contributed by atoms with van der Waals surface area (Å²) in [4.78, 5) is 11.6. The third-order valence-corrected chi connectivity index (χ3v) is 5.80. The molecule has 0 amide bonds. The van der Waals surface area contributed by atoms with Crippen molar-refractivity contribution >= 4 is 56.7 Å². The van der Waals surface area contributed by atoms with Crippen molar-refractivity contribution in [2.45, 2.75) is 12.8 Å². The Labute approximate surface area is 158 Å². The Morgan fingerprint density at radius 3 is 2.32 bits per heavy atom. The van der Waals surface area contributed by atoms with Crippen molar-refractivity contribution in [3.63, 3.8) is 0 Å². The van der Waals surface area contributed by atoms with Crippen molar-refractivity contribution in [3.05, 3.63) is 27.2 Å². The van der Waals surface area contributed by atoms with Gasteiger partial charge in [0.15, 0.2) is 0 Å². The van der Waals surface area contributed by atoms with Crippen molar-refractivity contribution in [1.29, 1.82) is 0 Å². The van der Waals surface area contributed by atoms with Gasteiger partial charge in [0.2, 0.25) is 0 Å². The van der Waals surface area contributed by atoms with Gasteiger partial charge >= 0.3 is 16.2 Å². The number of hydrogen-bond acceptors (Lipinski definition) is 4. The Bertz CT molecular complexity index is 768. The van der Waals surface area contributed by atoms with Crippen LogP contribution in [0.25, 0.3) is 0 Å². The van der Waals surface area contributed by atoms with Gasteiger partial charge in [-0.25, -0.2) is 13.1 Å². The molecule has 1 saturated heterocycles. The Morgan fingerprint density at radius 2 is 1.80 bits per heavy atom. The molecule has 0 saturated carbocycles. The molecule has 25 heavy (non-hydrogen) atoms. The van der Waals surface area contributed by atoms with Gasteiger partial charge in [0.25, 0.3) is 5.92 Å². The van der Waals surface area contributed by atoms with E-state index in [4.69, 9.17) is 34.8 Å². The van der Waals surface area contributed by atoms with Gasteiger partial charge in [0, 0.05) is 5.02 Å². The van der Waals surface area contributed by atoms with Gasteiger partial charge in [-0.05, 0) is 19.1 Å². The average molecular weight is 438 g/mol. The van der Waals surface area contributed by atoms with E-state index in [1.807, 2.05) is 0 Å². The highest BCUT2D eigenvalue weighted by Gasteiger charge is 2.49. The van der Waals surface area contributed by atoms with Crippen LogP contribution in [-0.2, 0) is 19.7 Å². The fraction of sp³-hybridized carbons (Fsp3) is 0.462. The van der Waals surface area contributed by atoms with Crippen molar-refractivity contribution < 1.29 is 26.7 Å². The fourth-order valence-corrected chi connectivity index (χ4v) is 5.08. The monoisotopic (exact) mass is 436 g/mol. The molecule has 0 N–H and O–H groups in total. The first kappa shape index (κ1) is 20.4. The SMILES string of the molecule is CCOC(=O)CN1CC(F)(F)CN(c2c(Cl)cc(Cl)cc2Cl)S1(=O)=O. The summed E-state index contributed by atoms with van der Waals surface area (Å²) in [7, 11) is -4.49. The number of anilines is 1. The number of nitrogens with zero attached hydrogens (tertiary/aromatic N) is 2. The maximum atomic E-state index is 14.1. The highest BCUT2D eigenvalue weighted by molar-refractivity contribution is 7.90. The Balaban J connectivity index is 2.49. The predicted octanol–water partition coefficient (Wildman–Crippen LogP) is 3.21. The molecule has 0 unspecified atom stereocenters. The molecular formula is C13H13Cl3F2N2O4S. The molecule has 2 rings (SSSR count). The van der Waals surface area contributed by atoms with E-state index in [0.29, 0.717) is 8.61 Å². The van der Waals surface area contributed by atoms with Crippen molar-refractivity contribution in [3.8, 4) is 0 Å². The number of halogens is 5. The highest BCUT2D eigenvalue weighted by atomic mass is 35.5. The number of alkyl halides is 2. The maximum absolute atomic E-state index is 14.1. The third kappa shape index (κ3) is 4.46. The number of carbonyl (C=O) groups is 1. The molecule has 1 aromatic rings. The van der Waals surface area contributed by atoms with Gasteiger partial charge in [0.1, 0.15) is 13.1 Å². The van der Waals surface area contributed by atoms with E-state index in [0.717, 1.165) is 0 Å². The maximum Gasteiger partial charge on any atom is 0.321 e. The number of esters is 1. The number of rotatable bonds is 4. The van der Waals surface area contributed by atoms with Gasteiger partial charge in [-0.1, -0.05) is 34.8 Å². The molecule has 0 aliphatic carbocycles. The minimum atomic E-state index is -4.49. The van der Waals surface area contributed by atoms with Crippen LogP contribution in [-0.4, -0.2) is 50.9 Å². The second-order valence-electron chi connectivity index (χ2n) is 5.16. The van der Waals surface area contributed by atoms with E-state index >= 15 is 0 Å². The zero-order valence-corrected chi connectivity index (χ0v) is 15.9. The number of ether oxygens (including phenoxy) is 1. The summed E-state index contributed by atoms with van der Waals surface area (Å²) < 4.78 is 58.9. The van der Waals surface area contributed by atoms with Crippen LogP contribution < -0.4 is 4.31 Å². The second-order valence-corrected chi connectivity index (χ2v) is 8.27. The first-order valence-corrected chi connectivity index (χ1v) is 9.47. The Kier molecular flexibility index (Phi) is 6.05. The van der Waals surface area contributed by atoms with Crippen LogP contribution in [0.5, 0.6) is 0 Å². The molecule has 0 spiro atoms. The van der Waals surface area contributed by atoms with Gasteiger partial charge in [-0.15, -0.1) is 0 Å². The van der Waals surface area contributed by atoms with E-state index in [2.05, 4.69) is 4.74 Å². The lowest BCUT2D eigenvalue weighted by atomic mass is 10.2. The van der Waals surface area contributed by atoms with Crippen molar-refractivity contribution in [1.82, 2.24) is 4.31 Å². The summed E-state index contributed by atoms with van der Waals surface area (Å²) >= 11 is 17.7. The molecule has 1 aromatic carbocycles. The van der Waals surface area contributed by atoms with Crippen LogP contribution in [0.4, 0.5) is 14.5 Å². The standard InChI is InChI=1S/C13H13Cl3F2N2O4S/c1-2-24-11(21)5-19-6-13(17,18)7-20(25(19,22)23)12-9(15)3-8(14)4-10(12)16/h3-4H,2,5-7H2,1H3. The molecule has 0 aromatic heterocycles. The van der Waals surface area contributed by atoms with Gasteiger partial charge in [-0.2, -0.15) is 12.7 Å². The molecule has 1 fully saturated rings. The average Bonchev–Trinajstić information content (AvgIpc) is 2.43. The first-order valence-electron chi connectivity index (χ1n) is 6.94. The molecule has 1 aliphatic rings. The van der Waals surface area contributed by atoms with Gasteiger partial charge in [-0.3, -0.25) is 4.79 Å². The predicted molar refractivity (Wildman–Crippen MR) is 90.9 cm³/mol. The molecule has 12 heteroatoms. The van der Waals surface area contributed by atoms with Crippen molar-refractivity contribution in [2.75, 3.05) is 30.5 Å². The summed E-state index contributed by atoms with van der Waals surface area (Å²) in [6.45, 7) is -1.69. The van der Waals surface area contributed by atoms with Crippen LogP contribution in [0, 0.1) is 0 Å². The number of hydrogen-bond donors (Lipinski definition) is 0. The van der Waals surface area contributed by atoms with Crippen LogP contribution >= 0.6 is 34.8 Å². The molecule has 0 atom stereocenters. The zero-order chi connectivity index (χ0) is 19.0. The molecule has 1 aliphatic heterocycles. The summed E-state index contributed by atoms with van der Waals surface area (Å²) in [5, 5.41) is -0.312. The lowest BCUT2D eigenvalue weighted by molar-refractivity contribution is -0.144. The minimum Gasteiger partial charge on any atom is -0.465 e. The van der Waals surface area contributed by atoms with Crippen LogP contribution in [0.2, 0.25) is 15.1 Å². The summed E-state index contributed by atoms with van der Waals surface area (Å²) in [5.41, 5.74) is -0.332. The smallest absolute Gasteiger partial charge is 0.321 e. The highest BCUT2D eigenvalue weighted by Crippen LogP contribution is 2.41. The lowest BCUT2D eigenvalue weighted by Crippen LogP contribution is -2.60. The molecule has 0 bridgehead atoms. The lowest BCUT2D eigenvalue weighted by Gasteiger charge is -2.39. The first-order chi connectivity index (χ1) is 11.5. The minimum absolute atomic E-state index is 0.0122. The fourth-order valence-electron chi connectivity index (χ4n) is 2.28. The van der Waals surface area contributed by atoms with Gasteiger partial charge in [0.05, 0.1) is 28.9 Å². The summed E-state index contributed by atoms with van der Waals surface area (Å²) in [5.74, 6) is -4.39. The number of benzene rings is 1.